The molecule has 0 radical (unpaired) electrons. The van der Waals surface area contributed by atoms with Crippen LogP contribution in [0.15, 0.2) is 37.0 Å². The van der Waals surface area contributed by atoms with Gasteiger partial charge in [0.15, 0.2) is 0 Å². The van der Waals surface area contributed by atoms with Gasteiger partial charge in [-0.15, -0.1) is 0 Å². The number of amides is 3. The van der Waals surface area contributed by atoms with E-state index in [0.29, 0.717) is 19.4 Å². The Morgan fingerprint density at radius 3 is 2.45 bits per heavy atom. The number of nitrogens with one attached hydrogen (secondary N) is 3. The number of hydrazine groups is 1. The number of alkyl carbamates (subject to hydrolysis) is 1. The van der Waals surface area contributed by atoms with Crippen molar-refractivity contribution in [3.05, 3.63) is 48.3 Å². The molecule has 4 atom stereocenters. The first-order chi connectivity index (χ1) is 19.7. The second kappa shape index (κ2) is 13.8. The Labute approximate surface area is 247 Å². The predicted octanol–water partition coefficient (Wildman–Crippen LogP) is 4.03. The first-order valence-corrected chi connectivity index (χ1v) is 14.3. The van der Waals surface area contributed by atoms with Crippen LogP contribution in [0.5, 0.6) is 0 Å². The van der Waals surface area contributed by atoms with E-state index in [1.807, 2.05) is 24.3 Å². The third-order valence-electron chi connectivity index (χ3n) is 6.83. The second-order valence-corrected chi connectivity index (χ2v) is 11.9. The molecule has 1 aliphatic rings. The highest BCUT2D eigenvalue weighted by Gasteiger charge is 2.34. The molecule has 42 heavy (non-hydrogen) atoms. The zero-order chi connectivity index (χ0) is 31.2. The molecule has 1 aromatic heterocycles. The molecule has 1 aliphatic heterocycles. The molecule has 3 amide bonds. The number of fused-ring (bicyclic) bond motifs is 1. The molecule has 0 saturated carbocycles. The fourth-order valence-electron chi connectivity index (χ4n) is 4.55. The minimum absolute atomic E-state index is 0.252. The molecule has 1 aromatic carbocycles. The van der Waals surface area contributed by atoms with Crippen LogP contribution in [0.25, 0.3) is 16.8 Å². The molecule has 2 heterocycles. The molecule has 0 bridgehead atoms. The topological polar surface area (TPSA) is 139 Å². The SMILES string of the molecule is C=Cc1cc2cc(C(C)OC(=O)C3CCCN(C(=O)C(C)NC(=O)C(NC(=O)OC(C)(C)C)C(C)C)N3)ccc2cn1. The first-order valence-electron chi connectivity index (χ1n) is 14.3. The van der Waals surface area contributed by atoms with Gasteiger partial charge < -0.3 is 20.1 Å². The highest BCUT2D eigenvalue weighted by atomic mass is 16.6. The third-order valence-corrected chi connectivity index (χ3v) is 6.83. The van der Waals surface area contributed by atoms with Gasteiger partial charge in [-0.3, -0.25) is 24.4 Å². The zero-order valence-electron chi connectivity index (χ0n) is 25.5. The summed E-state index contributed by atoms with van der Waals surface area (Å²) in [5, 5.41) is 8.54. The van der Waals surface area contributed by atoms with Crippen LogP contribution in [0.1, 0.15) is 78.7 Å². The molecule has 11 nitrogen and oxygen atoms in total. The van der Waals surface area contributed by atoms with E-state index in [4.69, 9.17) is 9.47 Å². The number of benzene rings is 1. The average molecular weight is 582 g/mol. The van der Waals surface area contributed by atoms with Crippen LogP contribution in [0.3, 0.4) is 0 Å². The summed E-state index contributed by atoms with van der Waals surface area (Å²) in [4.78, 5) is 55.8. The van der Waals surface area contributed by atoms with Gasteiger partial charge in [-0.1, -0.05) is 32.6 Å². The summed E-state index contributed by atoms with van der Waals surface area (Å²) in [5.74, 6) is -1.64. The summed E-state index contributed by atoms with van der Waals surface area (Å²) in [6, 6.07) is 5.17. The van der Waals surface area contributed by atoms with E-state index in [0.717, 1.165) is 22.0 Å². The van der Waals surface area contributed by atoms with Crippen molar-refractivity contribution in [1.29, 1.82) is 0 Å². The lowest BCUT2D eigenvalue weighted by Gasteiger charge is -2.35. The molecular weight excluding hydrogens is 538 g/mol. The van der Waals surface area contributed by atoms with Gasteiger partial charge >= 0.3 is 12.1 Å². The van der Waals surface area contributed by atoms with Crippen molar-refractivity contribution in [1.82, 2.24) is 26.1 Å². The number of aromatic nitrogens is 1. The van der Waals surface area contributed by atoms with Gasteiger partial charge in [0.1, 0.15) is 29.8 Å². The maximum atomic E-state index is 13.2. The number of pyridine rings is 1. The Kier molecular flexibility index (Phi) is 10.7. The Morgan fingerprint density at radius 2 is 1.81 bits per heavy atom. The van der Waals surface area contributed by atoms with Crippen LogP contribution in [0.4, 0.5) is 4.79 Å². The van der Waals surface area contributed by atoms with Crippen LogP contribution in [-0.4, -0.2) is 64.1 Å². The van der Waals surface area contributed by atoms with Crippen molar-refractivity contribution in [2.45, 2.75) is 91.1 Å². The quantitative estimate of drug-likeness (QED) is 0.377. The van der Waals surface area contributed by atoms with E-state index in [2.05, 4.69) is 27.6 Å². The van der Waals surface area contributed by atoms with Crippen LogP contribution in [-0.2, 0) is 23.9 Å². The average Bonchev–Trinajstić information content (AvgIpc) is 2.93. The summed E-state index contributed by atoms with van der Waals surface area (Å²) in [5.41, 5.74) is 3.83. The summed E-state index contributed by atoms with van der Waals surface area (Å²) < 4.78 is 11.0. The Hall–Kier alpha value is -3.99. The smallest absolute Gasteiger partial charge is 0.408 e. The van der Waals surface area contributed by atoms with Gasteiger partial charge in [-0.05, 0) is 82.5 Å². The second-order valence-electron chi connectivity index (χ2n) is 11.9. The summed E-state index contributed by atoms with van der Waals surface area (Å²) >= 11 is 0. The lowest BCUT2D eigenvalue weighted by Crippen LogP contribution is -2.61. The summed E-state index contributed by atoms with van der Waals surface area (Å²) in [6.45, 7) is 16.2. The number of carbonyl (C=O) groups excluding carboxylic acids is 4. The Morgan fingerprint density at radius 1 is 1.10 bits per heavy atom. The van der Waals surface area contributed by atoms with Crippen LogP contribution in [0, 0.1) is 5.92 Å². The minimum Gasteiger partial charge on any atom is -0.457 e. The molecule has 1 fully saturated rings. The van der Waals surface area contributed by atoms with Crippen molar-refractivity contribution >= 4 is 40.7 Å². The summed E-state index contributed by atoms with van der Waals surface area (Å²) in [6.07, 6.45) is 3.29. The lowest BCUT2D eigenvalue weighted by molar-refractivity contribution is -0.157. The van der Waals surface area contributed by atoms with E-state index < -0.39 is 53.7 Å². The van der Waals surface area contributed by atoms with Crippen LogP contribution < -0.4 is 16.1 Å². The van der Waals surface area contributed by atoms with Gasteiger partial charge in [-0.25, -0.2) is 10.2 Å². The van der Waals surface area contributed by atoms with Crippen molar-refractivity contribution < 1.29 is 28.7 Å². The van der Waals surface area contributed by atoms with Crippen molar-refractivity contribution in [3.8, 4) is 0 Å². The predicted molar refractivity (Wildman–Crippen MR) is 160 cm³/mol. The molecular formula is C31H43N5O6. The van der Waals surface area contributed by atoms with Gasteiger partial charge in [0.05, 0.1) is 5.69 Å². The number of esters is 1. The Bertz CT molecular complexity index is 1320. The highest BCUT2D eigenvalue weighted by molar-refractivity contribution is 5.91. The van der Waals surface area contributed by atoms with E-state index in [-0.39, 0.29) is 5.92 Å². The van der Waals surface area contributed by atoms with Gasteiger partial charge in [0.2, 0.25) is 5.91 Å². The number of hydrogen-bond donors (Lipinski definition) is 3. The van der Waals surface area contributed by atoms with Crippen molar-refractivity contribution in [2.24, 2.45) is 5.92 Å². The highest BCUT2D eigenvalue weighted by Crippen LogP contribution is 2.24. The monoisotopic (exact) mass is 581 g/mol. The molecule has 3 N–H and O–H groups in total. The third kappa shape index (κ3) is 8.75. The fourth-order valence-corrected chi connectivity index (χ4v) is 4.55. The van der Waals surface area contributed by atoms with E-state index in [9.17, 15) is 19.2 Å². The zero-order valence-corrected chi connectivity index (χ0v) is 25.5. The molecule has 0 spiro atoms. The summed E-state index contributed by atoms with van der Waals surface area (Å²) in [7, 11) is 0. The number of nitrogens with zero attached hydrogens (tertiary/aromatic N) is 2. The molecule has 4 unspecified atom stereocenters. The minimum atomic E-state index is -0.909. The number of ether oxygens (including phenoxy) is 2. The molecule has 1 saturated heterocycles. The first kappa shape index (κ1) is 32.5. The maximum Gasteiger partial charge on any atom is 0.408 e. The number of hydrogen-bond acceptors (Lipinski definition) is 8. The fraction of sp³-hybridized carbons (Fsp3) is 0.516. The Balaban J connectivity index is 1.58. The number of rotatable bonds is 9. The molecule has 11 heteroatoms. The standard InChI is InChI=1S/C31H43N5O6/c1-9-24-16-23-15-21(12-13-22(23)17-32-24)20(5)41-29(39)25-11-10-14-36(35-25)28(38)19(4)33-27(37)26(18(2)3)34-30(40)42-31(6,7)8/h9,12-13,15-20,25-26,35H,1,10-11,14H2,2-8H3,(H,33,37)(H,34,40). The molecule has 228 valence electrons. The number of carbonyl (C=O) groups is 4. The van der Waals surface area contributed by atoms with Gasteiger partial charge in [0.25, 0.3) is 5.91 Å². The molecule has 0 aliphatic carbocycles. The maximum absolute atomic E-state index is 13.2. The largest absolute Gasteiger partial charge is 0.457 e. The van der Waals surface area contributed by atoms with E-state index in [1.54, 1.807) is 60.7 Å². The normalized spacial score (nSPS) is 17.6. The van der Waals surface area contributed by atoms with Crippen molar-refractivity contribution in [2.75, 3.05) is 6.54 Å². The van der Waals surface area contributed by atoms with Crippen LogP contribution >= 0.6 is 0 Å². The lowest BCUT2D eigenvalue weighted by atomic mass is 10.0. The van der Waals surface area contributed by atoms with Gasteiger partial charge in [0, 0.05) is 18.1 Å². The van der Waals surface area contributed by atoms with E-state index >= 15 is 0 Å². The van der Waals surface area contributed by atoms with E-state index in [1.165, 1.54) is 5.01 Å². The van der Waals surface area contributed by atoms with Crippen molar-refractivity contribution in [3.63, 3.8) is 0 Å². The molecule has 3 rings (SSSR count). The van der Waals surface area contributed by atoms with Crippen LogP contribution in [0.2, 0.25) is 0 Å². The van der Waals surface area contributed by atoms with Gasteiger partial charge in [-0.2, -0.15) is 0 Å². The molecule has 2 aromatic rings.